The van der Waals surface area contributed by atoms with Crippen LogP contribution in [0.5, 0.6) is 0 Å². The fraction of sp³-hybridized carbons (Fsp3) is 0.176. The Morgan fingerprint density at radius 1 is 1.00 bits per heavy atom. The van der Waals surface area contributed by atoms with Crippen LogP contribution in [-0.4, -0.2) is 20.6 Å². The molecule has 96 valence electrons. The number of hydrogen-bond donors (Lipinski definition) is 1. The quantitative estimate of drug-likeness (QED) is 0.874. The van der Waals surface area contributed by atoms with Crippen LogP contribution in [0.4, 0.5) is 11.4 Å². The van der Waals surface area contributed by atoms with Crippen molar-refractivity contribution < 1.29 is 0 Å². The maximum atomic E-state index is 3.42. The van der Waals surface area contributed by atoms with E-state index in [1.54, 1.807) is 0 Å². The molecule has 0 bridgehead atoms. The number of benzene rings is 2. The molecule has 1 N–H and O–H groups in total. The van der Waals surface area contributed by atoms with Gasteiger partial charge < -0.3 is 10.2 Å². The third-order valence-corrected chi connectivity index (χ3v) is 3.49. The first kappa shape index (κ1) is 11.8. The van der Waals surface area contributed by atoms with Gasteiger partial charge in [0.2, 0.25) is 0 Å². The normalized spacial score (nSPS) is 15.2. The molecule has 2 heteroatoms. The molecule has 1 aliphatic rings. The van der Waals surface area contributed by atoms with Crippen molar-refractivity contribution in [3.05, 3.63) is 59.7 Å². The Balaban J connectivity index is 1.91. The molecule has 1 aliphatic heterocycles. The first-order valence-electron chi connectivity index (χ1n) is 6.55. The van der Waals surface area contributed by atoms with Crippen LogP contribution in [0.2, 0.25) is 0 Å². The van der Waals surface area contributed by atoms with Crippen LogP contribution in [0, 0.1) is 0 Å². The van der Waals surface area contributed by atoms with Gasteiger partial charge in [-0.05, 0) is 35.4 Å². The second-order valence-corrected chi connectivity index (χ2v) is 5.05. The molecule has 0 aromatic heterocycles. The van der Waals surface area contributed by atoms with Gasteiger partial charge in [-0.15, -0.1) is 0 Å². The molecular weight excluding hydrogens is 232 g/mol. The van der Waals surface area contributed by atoms with E-state index in [1.165, 1.54) is 28.1 Å². The van der Waals surface area contributed by atoms with Crippen molar-refractivity contribution in [1.82, 2.24) is 0 Å². The molecule has 0 aliphatic carbocycles. The van der Waals surface area contributed by atoms with Gasteiger partial charge in [0.15, 0.2) is 0 Å². The number of hydrogen-bond acceptors (Lipinski definition) is 2. The summed E-state index contributed by atoms with van der Waals surface area (Å²) in [5.41, 5.74) is 6.39. The van der Waals surface area contributed by atoms with Crippen LogP contribution >= 0.6 is 0 Å². The zero-order valence-corrected chi connectivity index (χ0v) is 11.4. The fourth-order valence-corrected chi connectivity index (χ4v) is 2.40. The number of fused-ring (bicyclic) bond motifs is 1. The predicted molar refractivity (Wildman–Crippen MR) is 83.6 cm³/mol. The van der Waals surface area contributed by atoms with Crippen LogP contribution in [0.25, 0.3) is 11.6 Å². The van der Waals surface area contributed by atoms with E-state index in [9.17, 15) is 0 Å². The van der Waals surface area contributed by atoms with Crippen LogP contribution in [0.1, 0.15) is 11.1 Å². The summed E-state index contributed by atoms with van der Waals surface area (Å²) in [5, 5.41) is 3.42. The summed E-state index contributed by atoms with van der Waals surface area (Å²) in [4.78, 5) is 2.11. The van der Waals surface area contributed by atoms with Gasteiger partial charge in [0.25, 0.3) is 0 Å². The van der Waals surface area contributed by atoms with Gasteiger partial charge in [0, 0.05) is 37.6 Å². The molecule has 19 heavy (non-hydrogen) atoms. The van der Waals surface area contributed by atoms with Crippen molar-refractivity contribution in [3.63, 3.8) is 0 Å². The van der Waals surface area contributed by atoms with E-state index in [2.05, 4.69) is 78.9 Å². The lowest BCUT2D eigenvalue weighted by atomic mass is 10.0. The van der Waals surface area contributed by atoms with E-state index < -0.39 is 0 Å². The summed E-state index contributed by atoms with van der Waals surface area (Å²) < 4.78 is 0. The highest BCUT2D eigenvalue weighted by molar-refractivity contribution is 5.92. The second kappa shape index (κ2) is 4.81. The molecule has 2 aromatic rings. The summed E-state index contributed by atoms with van der Waals surface area (Å²) in [5.74, 6) is 0. The molecule has 0 radical (unpaired) electrons. The minimum Gasteiger partial charge on any atom is -0.380 e. The summed E-state index contributed by atoms with van der Waals surface area (Å²) in [6, 6.07) is 17.1. The maximum absolute atomic E-state index is 3.42. The highest BCUT2D eigenvalue weighted by Gasteiger charge is 2.13. The number of nitrogens with zero attached hydrogens (tertiary/aromatic N) is 1. The average Bonchev–Trinajstić information content (AvgIpc) is 2.83. The highest BCUT2D eigenvalue weighted by atomic mass is 15.1. The van der Waals surface area contributed by atoms with Crippen LogP contribution in [-0.2, 0) is 0 Å². The Kier molecular flexibility index (Phi) is 3.00. The molecule has 2 aromatic carbocycles. The monoisotopic (exact) mass is 250 g/mol. The lowest BCUT2D eigenvalue weighted by molar-refractivity contribution is 1.13. The molecular formula is C17H18N2. The summed E-state index contributed by atoms with van der Waals surface area (Å²) in [6.45, 7) is 0.911. The van der Waals surface area contributed by atoms with Crippen molar-refractivity contribution in [2.75, 3.05) is 30.9 Å². The van der Waals surface area contributed by atoms with Crippen LogP contribution < -0.4 is 10.2 Å². The first-order chi connectivity index (χ1) is 9.24. The fourth-order valence-electron chi connectivity index (χ4n) is 2.40. The van der Waals surface area contributed by atoms with Crippen LogP contribution in [0.15, 0.2) is 48.5 Å². The maximum Gasteiger partial charge on any atom is 0.0419 e. The molecule has 3 rings (SSSR count). The summed E-state index contributed by atoms with van der Waals surface area (Å²) in [6.07, 6.45) is 2.26. The van der Waals surface area contributed by atoms with E-state index >= 15 is 0 Å². The smallest absolute Gasteiger partial charge is 0.0419 e. The Morgan fingerprint density at radius 3 is 2.47 bits per heavy atom. The van der Waals surface area contributed by atoms with Gasteiger partial charge in [0.05, 0.1) is 0 Å². The molecule has 1 heterocycles. The number of rotatable bonds is 2. The van der Waals surface area contributed by atoms with Crippen molar-refractivity contribution in [1.29, 1.82) is 0 Å². The molecule has 0 saturated carbocycles. The third-order valence-electron chi connectivity index (χ3n) is 3.49. The SMILES string of the molecule is CN(C)c1ccc(C=C2CNc3ccccc32)cc1. The molecule has 0 fully saturated rings. The molecule has 0 saturated heterocycles. The van der Waals surface area contributed by atoms with Gasteiger partial charge in [-0.1, -0.05) is 30.3 Å². The first-order valence-corrected chi connectivity index (χ1v) is 6.55. The summed E-state index contributed by atoms with van der Waals surface area (Å²) in [7, 11) is 4.12. The average molecular weight is 250 g/mol. The number of nitrogens with one attached hydrogen (secondary N) is 1. The zero-order chi connectivity index (χ0) is 13.2. The second-order valence-electron chi connectivity index (χ2n) is 5.05. The largest absolute Gasteiger partial charge is 0.380 e. The predicted octanol–water partition coefficient (Wildman–Crippen LogP) is 3.72. The van der Waals surface area contributed by atoms with Gasteiger partial charge in [-0.25, -0.2) is 0 Å². The van der Waals surface area contributed by atoms with E-state index in [4.69, 9.17) is 0 Å². The lowest BCUT2D eigenvalue weighted by Crippen LogP contribution is -2.07. The standard InChI is InChI=1S/C17H18N2/c1-19(2)15-9-7-13(8-10-15)11-14-12-18-17-6-4-3-5-16(14)17/h3-11,18H,12H2,1-2H3. The summed E-state index contributed by atoms with van der Waals surface area (Å²) >= 11 is 0. The highest BCUT2D eigenvalue weighted by Crippen LogP contribution is 2.31. The number of anilines is 2. The molecule has 2 nitrogen and oxygen atoms in total. The van der Waals surface area contributed by atoms with Crippen LogP contribution in [0.3, 0.4) is 0 Å². The van der Waals surface area contributed by atoms with Crippen molar-refractivity contribution in [2.24, 2.45) is 0 Å². The molecule has 0 spiro atoms. The van der Waals surface area contributed by atoms with E-state index in [0.29, 0.717) is 0 Å². The van der Waals surface area contributed by atoms with Gasteiger partial charge in [0.1, 0.15) is 0 Å². The molecule has 0 atom stereocenters. The van der Waals surface area contributed by atoms with Gasteiger partial charge in [-0.2, -0.15) is 0 Å². The Morgan fingerprint density at radius 2 is 1.74 bits per heavy atom. The minimum absolute atomic E-state index is 0.911. The van der Waals surface area contributed by atoms with E-state index in [0.717, 1.165) is 6.54 Å². The van der Waals surface area contributed by atoms with E-state index in [-0.39, 0.29) is 0 Å². The van der Waals surface area contributed by atoms with Gasteiger partial charge >= 0.3 is 0 Å². The zero-order valence-electron chi connectivity index (χ0n) is 11.4. The van der Waals surface area contributed by atoms with E-state index in [1.807, 2.05) is 0 Å². The lowest BCUT2D eigenvalue weighted by Gasteiger charge is -2.12. The van der Waals surface area contributed by atoms with Crippen molar-refractivity contribution in [3.8, 4) is 0 Å². The minimum atomic E-state index is 0.911. The molecule has 0 amide bonds. The Labute approximate surface area is 114 Å². The number of para-hydroxylation sites is 1. The van der Waals surface area contributed by atoms with Crippen molar-refractivity contribution in [2.45, 2.75) is 0 Å². The Bertz CT molecular complexity index is 609. The Hall–Kier alpha value is -2.22. The van der Waals surface area contributed by atoms with Crippen molar-refractivity contribution >= 4 is 23.0 Å². The topological polar surface area (TPSA) is 15.3 Å². The third kappa shape index (κ3) is 2.34. The van der Waals surface area contributed by atoms with Gasteiger partial charge in [-0.3, -0.25) is 0 Å². The molecule has 0 unspecified atom stereocenters.